The normalized spacial score (nSPS) is 10.3. The van der Waals surface area contributed by atoms with Gasteiger partial charge in [0.2, 0.25) is 0 Å². The topological polar surface area (TPSA) is 64.7 Å². The molecular weight excluding hydrogens is 232 g/mol. The predicted molar refractivity (Wildman–Crippen MR) is 40.9 cm³/mol. The Balaban J connectivity index is 2.45. The van der Waals surface area contributed by atoms with Gasteiger partial charge in [0.25, 0.3) is 10.7 Å². The molecule has 11 heavy (non-hydrogen) atoms. The fraction of sp³-hybridized carbons (Fsp3) is 0. The van der Waals surface area contributed by atoms with Crippen LogP contribution in [-0.2, 0) is 0 Å². The van der Waals surface area contributed by atoms with Gasteiger partial charge in [0.15, 0.2) is 0 Å². The van der Waals surface area contributed by atoms with Gasteiger partial charge in [0.1, 0.15) is 4.88 Å². The first-order chi connectivity index (χ1) is 5.36. The summed E-state index contributed by atoms with van der Waals surface area (Å²) in [5, 5.41) is 11.0. The van der Waals surface area contributed by atoms with E-state index < -0.39 is 0 Å². The Morgan fingerprint density at radius 1 is 1.45 bits per heavy atom. The quantitative estimate of drug-likeness (QED) is 0.743. The second-order valence-corrected chi connectivity index (χ2v) is 3.11. The summed E-state index contributed by atoms with van der Waals surface area (Å²) in [6.07, 6.45) is 1.57. The summed E-state index contributed by atoms with van der Waals surface area (Å²) in [5.41, 5.74) is 0. The van der Waals surface area contributed by atoms with Crippen molar-refractivity contribution >= 4 is 27.5 Å². The molecule has 0 aromatic carbocycles. The molecule has 2 rings (SSSR count). The molecule has 0 atom stereocenters. The van der Waals surface area contributed by atoms with Gasteiger partial charge in [-0.15, -0.1) is 15.3 Å². The van der Waals surface area contributed by atoms with E-state index in [4.69, 9.17) is 4.42 Å². The molecule has 0 aliphatic heterocycles. The molecule has 0 saturated carbocycles. The largest absolute Gasteiger partial charge is 0.410 e. The van der Waals surface area contributed by atoms with Crippen molar-refractivity contribution in [2.45, 2.75) is 0 Å². The van der Waals surface area contributed by atoms with Gasteiger partial charge in [0, 0.05) is 15.9 Å². The van der Waals surface area contributed by atoms with E-state index in [-0.39, 0.29) is 0 Å². The molecule has 0 fully saturated rings. The van der Waals surface area contributed by atoms with Crippen LogP contribution in [0, 0.1) is 0 Å². The Bertz CT molecular complexity index is 345. The number of aromatic nitrogens is 4. The van der Waals surface area contributed by atoms with E-state index in [0.29, 0.717) is 10.7 Å². The van der Waals surface area contributed by atoms with E-state index in [9.17, 15) is 0 Å². The molecule has 0 amide bonds. The van der Waals surface area contributed by atoms with Crippen molar-refractivity contribution in [2.75, 3.05) is 0 Å². The molecular formula is C4HBrN4OS. The maximum absolute atomic E-state index is 5.05. The van der Waals surface area contributed by atoms with Crippen molar-refractivity contribution in [3.05, 3.63) is 11.0 Å². The number of hydrogen-bond donors (Lipinski definition) is 0. The lowest BCUT2D eigenvalue weighted by Gasteiger charge is -1.79. The molecule has 0 unspecified atom stereocenters. The van der Waals surface area contributed by atoms with Crippen molar-refractivity contribution in [1.82, 2.24) is 19.8 Å². The Hall–Kier alpha value is -0.820. The van der Waals surface area contributed by atoms with Crippen molar-refractivity contribution in [3.63, 3.8) is 0 Å². The monoisotopic (exact) mass is 232 g/mol. The molecule has 0 spiro atoms. The fourth-order valence-electron chi connectivity index (χ4n) is 0.566. The summed E-state index contributed by atoms with van der Waals surface area (Å²) in [4.78, 5) is 1.13. The highest BCUT2D eigenvalue weighted by atomic mass is 79.9. The number of nitrogens with zero attached hydrogens (tertiary/aromatic N) is 4. The lowest BCUT2D eigenvalue weighted by molar-refractivity contribution is 0.541. The molecule has 2 aromatic heterocycles. The summed E-state index contributed by atoms with van der Waals surface area (Å²) in [6, 6.07) is 0. The van der Waals surface area contributed by atoms with Gasteiger partial charge in [0.05, 0.1) is 6.20 Å². The van der Waals surface area contributed by atoms with Crippen LogP contribution in [0.3, 0.4) is 0 Å². The molecule has 0 saturated heterocycles. The van der Waals surface area contributed by atoms with Crippen molar-refractivity contribution < 1.29 is 4.42 Å². The van der Waals surface area contributed by atoms with E-state index in [0.717, 1.165) is 4.88 Å². The molecule has 0 bridgehead atoms. The molecule has 56 valence electrons. The highest BCUT2D eigenvalue weighted by Gasteiger charge is 2.07. The summed E-state index contributed by atoms with van der Waals surface area (Å²) in [5.74, 6) is 0.437. The Morgan fingerprint density at radius 3 is 2.91 bits per heavy atom. The molecule has 2 heterocycles. The van der Waals surface area contributed by atoms with Crippen LogP contribution in [-0.4, -0.2) is 19.8 Å². The minimum atomic E-state index is 0.362. The first-order valence-corrected chi connectivity index (χ1v) is 4.19. The van der Waals surface area contributed by atoms with Crippen molar-refractivity contribution in [3.8, 4) is 10.8 Å². The first-order valence-electron chi connectivity index (χ1n) is 2.63. The molecule has 0 N–H and O–H groups in total. The third kappa shape index (κ3) is 1.29. The summed E-state index contributed by atoms with van der Waals surface area (Å²) in [7, 11) is 0. The number of rotatable bonds is 1. The molecule has 0 radical (unpaired) electrons. The van der Waals surface area contributed by atoms with Gasteiger partial charge in [-0.25, -0.2) is 0 Å². The number of hydrogen-bond acceptors (Lipinski definition) is 6. The van der Waals surface area contributed by atoms with Gasteiger partial charge in [-0.3, -0.25) is 0 Å². The smallest absolute Gasteiger partial charge is 0.285 e. The van der Waals surface area contributed by atoms with E-state index in [1.165, 1.54) is 11.5 Å². The van der Waals surface area contributed by atoms with Crippen LogP contribution in [0.25, 0.3) is 10.8 Å². The van der Waals surface area contributed by atoms with Crippen LogP contribution in [0.5, 0.6) is 0 Å². The third-order valence-electron chi connectivity index (χ3n) is 0.972. The average molecular weight is 233 g/mol. The lowest BCUT2D eigenvalue weighted by Crippen LogP contribution is -1.70. The van der Waals surface area contributed by atoms with E-state index in [1.54, 1.807) is 6.20 Å². The summed E-state index contributed by atoms with van der Waals surface area (Å²) < 4.78 is 8.71. The maximum atomic E-state index is 5.05. The predicted octanol–water partition coefficient (Wildman–Crippen LogP) is 1.35. The summed E-state index contributed by atoms with van der Waals surface area (Å²) in [6.45, 7) is 0. The standard InChI is InChI=1S/C4HBrN4OS/c5-4-8-7-3(10-4)2-1-6-9-11-2/h1H. The van der Waals surface area contributed by atoms with Gasteiger partial charge in [-0.05, 0) is 11.5 Å². The van der Waals surface area contributed by atoms with Gasteiger partial charge < -0.3 is 4.42 Å². The van der Waals surface area contributed by atoms with Crippen LogP contribution in [0.15, 0.2) is 15.4 Å². The van der Waals surface area contributed by atoms with Crippen molar-refractivity contribution in [2.24, 2.45) is 0 Å². The molecule has 0 aliphatic rings. The SMILES string of the molecule is Brc1nnc(-c2cnns2)o1. The maximum Gasteiger partial charge on any atom is 0.285 e. The second kappa shape index (κ2) is 2.67. The van der Waals surface area contributed by atoms with Gasteiger partial charge in [-0.1, -0.05) is 4.49 Å². The third-order valence-corrected chi connectivity index (χ3v) is 1.95. The zero-order chi connectivity index (χ0) is 7.68. The van der Waals surface area contributed by atoms with Crippen LogP contribution in [0.1, 0.15) is 0 Å². The number of halogens is 1. The first kappa shape index (κ1) is 6.86. The van der Waals surface area contributed by atoms with Crippen LogP contribution in [0.2, 0.25) is 0 Å². The van der Waals surface area contributed by atoms with Gasteiger partial charge >= 0.3 is 0 Å². The van der Waals surface area contributed by atoms with E-state index in [2.05, 4.69) is 35.7 Å². The summed E-state index contributed by atoms with van der Waals surface area (Å²) >= 11 is 4.25. The Labute approximate surface area is 73.7 Å². The highest BCUT2D eigenvalue weighted by molar-refractivity contribution is 9.10. The zero-order valence-electron chi connectivity index (χ0n) is 5.06. The molecule has 7 heteroatoms. The van der Waals surface area contributed by atoms with E-state index in [1.807, 2.05) is 0 Å². The van der Waals surface area contributed by atoms with E-state index >= 15 is 0 Å². The highest BCUT2D eigenvalue weighted by Crippen LogP contribution is 2.21. The minimum absolute atomic E-state index is 0.362. The van der Waals surface area contributed by atoms with Crippen LogP contribution < -0.4 is 0 Å². The zero-order valence-corrected chi connectivity index (χ0v) is 7.46. The van der Waals surface area contributed by atoms with Gasteiger partial charge in [-0.2, -0.15) is 0 Å². The minimum Gasteiger partial charge on any atom is -0.410 e. The molecule has 5 nitrogen and oxygen atoms in total. The lowest BCUT2D eigenvalue weighted by atomic mass is 10.6. The Kier molecular flexibility index (Phi) is 1.66. The van der Waals surface area contributed by atoms with Crippen LogP contribution >= 0.6 is 27.5 Å². The van der Waals surface area contributed by atoms with Crippen LogP contribution in [0.4, 0.5) is 0 Å². The molecule has 0 aliphatic carbocycles. The second-order valence-electron chi connectivity index (χ2n) is 1.64. The fourth-order valence-corrected chi connectivity index (χ4v) is 1.24. The average Bonchev–Trinajstić information content (AvgIpc) is 2.55. The molecule has 2 aromatic rings. The Morgan fingerprint density at radius 2 is 2.36 bits per heavy atom. The van der Waals surface area contributed by atoms with Crippen molar-refractivity contribution in [1.29, 1.82) is 0 Å².